The molecule has 0 bridgehead atoms. The first-order chi connectivity index (χ1) is 15.8. The van der Waals surface area contributed by atoms with E-state index in [4.69, 9.17) is 18.7 Å². The molecule has 0 unspecified atom stereocenters. The molecule has 1 aromatic heterocycles. The quantitative estimate of drug-likeness (QED) is 0.550. The first-order valence-electron chi connectivity index (χ1n) is 10.9. The first-order valence-corrected chi connectivity index (χ1v) is 12.5. The van der Waals surface area contributed by atoms with Crippen LogP contribution >= 0.6 is 7.82 Å². The number of fused-ring (bicyclic) bond motifs is 3. The van der Waals surface area contributed by atoms with E-state index in [2.05, 4.69) is 0 Å². The SMILES string of the molecule is CCCOc1cc2c(c3c(=O)c(C4=CC=C(OC)CC4)cn(COP(=O)(O)O)c13)OCCC2. The molecular formula is C23H28NO8P. The van der Waals surface area contributed by atoms with Crippen LogP contribution in [0.15, 0.2) is 35.0 Å². The number of pyridine rings is 1. The van der Waals surface area contributed by atoms with Gasteiger partial charge in [-0.05, 0) is 49.0 Å². The fraction of sp³-hybridized carbons (Fsp3) is 0.435. The summed E-state index contributed by atoms with van der Waals surface area (Å²) in [5.41, 5.74) is 2.30. The predicted octanol–water partition coefficient (Wildman–Crippen LogP) is 3.89. The number of benzene rings is 1. The van der Waals surface area contributed by atoms with Gasteiger partial charge in [0.15, 0.2) is 0 Å². The molecular weight excluding hydrogens is 449 g/mol. The molecule has 0 spiro atoms. The molecule has 10 heteroatoms. The highest BCUT2D eigenvalue weighted by molar-refractivity contribution is 7.46. The van der Waals surface area contributed by atoms with Crippen LogP contribution in [0.5, 0.6) is 11.5 Å². The van der Waals surface area contributed by atoms with Gasteiger partial charge in [0.25, 0.3) is 0 Å². The van der Waals surface area contributed by atoms with Crippen molar-refractivity contribution in [2.24, 2.45) is 0 Å². The van der Waals surface area contributed by atoms with Crippen LogP contribution in [-0.4, -0.2) is 34.7 Å². The number of rotatable bonds is 8. The number of hydrogen-bond donors (Lipinski definition) is 2. The third-order valence-corrected chi connectivity index (χ3v) is 6.17. The maximum absolute atomic E-state index is 13.8. The smallest absolute Gasteiger partial charge is 0.471 e. The van der Waals surface area contributed by atoms with Gasteiger partial charge >= 0.3 is 7.82 Å². The van der Waals surface area contributed by atoms with Gasteiger partial charge in [0, 0.05) is 18.2 Å². The molecule has 0 saturated carbocycles. The Hall–Kier alpha value is -2.58. The Morgan fingerprint density at radius 1 is 1.21 bits per heavy atom. The summed E-state index contributed by atoms with van der Waals surface area (Å²) in [7, 11) is -3.15. The van der Waals surface area contributed by atoms with Crippen LogP contribution in [0, 0.1) is 0 Å². The summed E-state index contributed by atoms with van der Waals surface area (Å²) in [6, 6.07) is 1.85. The molecule has 9 nitrogen and oxygen atoms in total. The van der Waals surface area contributed by atoms with Crippen molar-refractivity contribution in [3.63, 3.8) is 0 Å². The van der Waals surface area contributed by atoms with Crippen molar-refractivity contribution in [2.75, 3.05) is 20.3 Å². The summed E-state index contributed by atoms with van der Waals surface area (Å²) in [5.74, 6) is 1.79. The Bertz CT molecular complexity index is 1220. The molecule has 0 saturated heterocycles. The topological polar surface area (TPSA) is 116 Å². The van der Waals surface area contributed by atoms with Crippen molar-refractivity contribution in [3.8, 4) is 11.5 Å². The molecule has 178 valence electrons. The van der Waals surface area contributed by atoms with E-state index in [9.17, 15) is 19.1 Å². The van der Waals surface area contributed by atoms with Crippen LogP contribution in [0.4, 0.5) is 0 Å². The predicted molar refractivity (Wildman–Crippen MR) is 123 cm³/mol. The summed E-state index contributed by atoms with van der Waals surface area (Å²) < 4.78 is 35.0. The Balaban J connectivity index is 1.99. The Kier molecular flexibility index (Phi) is 6.95. The molecule has 0 radical (unpaired) electrons. The van der Waals surface area contributed by atoms with E-state index >= 15 is 0 Å². The van der Waals surface area contributed by atoms with Crippen molar-refractivity contribution in [1.82, 2.24) is 4.57 Å². The monoisotopic (exact) mass is 477 g/mol. The highest BCUT2D eigenvalue weighted by Crippen LogP contribution is 2.41. The van der Waals surface area contributed by atoms with Gasteiger partial charge < -0.3 is 28.6 Å². The van der Waals surface area contributed by atoms with E-state index in [1.807, 2.05) is 25.1 Å². The number of allylic oxidation sites excluding steroid dienone is 4. The van der Waals surface area contributed by atoms with Crippen LogP contribution in [0.3, 0.4) is 0 Å². The lowest BCUT2D eigenvalue weighted by molar-refractivity contribution is 0.155. The van der Waals surface area contributed by atoms with Crippen molar-refractivity contribution in [3.05, 3.63) is 51.5 Å². The average molecular weight is 477 g/mol. The lowest BCUT2D eigenvalue weighted by Gasteiger charge is -2.24. The maximum atomic E-state index is 13.8. The van der Waals surface area contributed by atoms with E-state index in [0.29, 0.717) is 54.0 Å². The van der Waals surface area contributed by atoms with Gasteiger partial charge in [0.05, 0.1) is 31.5 Å². The summed E-state index contributed by atoms with van der Waals surface area (Å²) in [5, 5.41) is 0.340. The van der Waals surface area contributed by atoms with Crippen LogP contribution in [0.25, 0.3) is 16.5 Å². The van der Waals surface area contributed by atoms with Gasteiger partial charge in [-0.15, -0.1) is 0 Å². The fourth-order valence-electron chi connectivity index (χ4n) is 4.18. The van der Waals surface area contributed by atoms with Gasteiger partial charge in [0.1, 0.15) is 23.7 Å². The number of ether oxygens (including phenoxy) is 3. The normalized spacial score (nSPS) is 16.0. The third-order valence-electron chi connectivity index (χ3n) is 5.72. The van der Waals surface area contributed by atoms with Crippen molar-refractivity contribution in [2.45, 2.75) is 45.8 Å². The first kappa shape index (κ1) is 23.6. The fourth-order valence-corrected chi connectivity index (χ4v) is 4.46. The lowest BCUT2D eigenvalue weighted by atomic mass is 9.94. The van der Waals surface area contributed by atoms with Crippen molar-refractivity contribution < 1.29 is 33.1 Å². The largest absolute Gasteiger partial charge is 0.501 e. The highest BCUT2D eigenvalue weighted by atomic mass is 31.2. The maximum Gasteiger partial charge on any atom is 0.471 e. The molecule has 1 aliphatic heterocycles. The van der Waals surface area contributed by atoms with Crippen LogP contribution in [0.2, 0.25) is 0 Å². The van der Waals surface area contributed by atoms with Gasteiger partial charge in [0.2, 0.25) is 5.43 Å². The minimum absolute atomic E-state index is 0.210. The zero-order valence-corrected chi connectivity index (χ0v) is 19.6. The van der Waals surface area contributed by atoms with Gasteiger partial charge in [-0.1, -0.05) is 13.0 Å². The zero-order chi connectivity index (χ0) is 23.6. The highest BCUT2D eigenvalue weighted by Gasteiger charge is 2.26. The average Bonchev–Trinajstić information content (AvgIpc) is 2.81. The Labute approximate surface area is 191 Å². The second-order valence-corrected chi connectivity index (χ2v) is 9.25. The van der Waals surface area contributed by atoms with E-state index in [1.54, 1.807) is 13.3 Å². The molecule has 4 rings (SSSR count). The molecule has 0 fully saturated rings. The van der Waals surface area contributed by atoms with Crippen molar-refractivity contribution in [1.29, 1.82) is 0 Å². The van der Waals surface area contributed by atoms with Gasteiger partial charge in [-0.3, -0.25) is 9.32 Å². The van der Waals surface area contributed by atoms with E-state index in [1.165, 1.54) is 4.57 Å². The molecule has 2 aromatic rings. The summed E-state index contributed by atoms with van der Waals surface area (Å²) in [6.45, 7) is 2.44. The van der Waals surface area contributed by atoms with Crippen molar-refractivity contribution >= 4 is 24.3 Å². The third kappa shape index (κ3) is 5.01. The molecule has 0 atom stereocenters. The number of methoxy groups -OCH3 is 1. The zero-order valence-electron chi connectivity index (χ0n) is 18.7. The Morgan fingerprint density at radius 3 is 2.70 bits per heavy atom. The lowest BCUT2D eigenvalue weighted by Crippen LogP contribution is -2.20. The molecule has 2 N–H and O–H groups in total. The number of aromatic nitrogens is 1. The standard InChI is InChI=1S/C23H28NO8P/c1-3-10-30-19-12-16-5-4-11-31-23(16)20-21(19)24(14-32-33(26,27)28)13-18(22(20)25)15-6-8-17(29-2)9-7-15/h6,8,12-13H,3-5,7,9-11,14H2,1-2H3,(H2,26,27,28). The second-order valence-electron chi connectivity index (χ2n) is 8.01. The summed E-state index contributed by atoms with van der Waals surface area (Å²) in [6.07, 6.45) is 8.82. The Morgan fingerprint density at radius 2 is 2.03 bits per heavy atom. The second kappa shape index (κ2) is 9.73. The number of phosphoric acid groups is 1. The van der Waals surface area contributed by atoms with Gasteiger partial charge in [-0.25, -0.2) is 4.57 Å². The number of phosphoric ester groups is 1. The van der Waals surface area contributed by atoms with Crippen LogP contribution in [0.1, 0.15) is 43.7 Å². The minimum atomic E-state index is -4.75. The van der Waals surface area contributed by atoms with E-state index in [-0.39, 0.29) is 5.43 Å². The molecule has 1 aliphatic carbocycles. The molecule has 1 aromatic carbocycles. The summed E-state index contributed by atoms with van der Waals surface area (Å²) >= 11 is 0. The minimum Gasteiger partial charge on any atom is -0.501 e. The van der Waals surface area contributed by atoms with Crippen LogP contribution < -0.4 is 14.9 Å². The number of nitrogens with zero attached hydrogens (tertiary/aromatic N) is 1. The summed E-state index contributed by atoms with van der Waals surface area (Å²) in [4.78, 5) is 32.4. The number of hydrogen-bond acceptors (Lipinski definition) is 6. The molecule has 2 aliphatic rings. The van der Waals surface area contributed by atoms with E-state index < -0.39 is 14.6 Å². The van der Waals surface area contributed by atoms with Gasteiger partial charge in [-0.2, -0.15) is 0 Å². The number of aryl methyl sites for hydroxylation is 1. The molecule has 2 heterocycles. The molecule has 33 heavy (non-hydrogen) atoms. The molecule has 0 amide bonds. The van der Waals surface area contributed by atoms with Crippen LogP contribution in [-0.2, 0) is 27.0 Å². The van der Waals surface area contributed by atoms with E-state index in [0.717, 1.165) is 36.2 Å².